The van der Waals surface area contributed by atoms with Crippen LogP contribution in [0.25, 0.3) is 0 Å². The molecule has 104 valence electrons. The maximum atomic E-state index is 3.96. The minimum atomic E-state index is 0.822. The Bertz CT molecular complexity index is 248. The summed E-state index contributed by atoms with van der Waals surface area (Å²) in [6.07, 6.45) is 16.1. The van der Waals surface area contributed by atoms with Crippen molar-refractivity contribution in [3.05, 3.63) is 12.7 Å². The summed E-state index contributed by atoms with van der Waals surface area (Å²) in [5.74, 6) is 1.98. The summed E-state index contributed by atoms with van der Waals surface area (Å²) in [6.45, 7) is 6.16. The van der Waals surface area contributed by atoms with E-state index in [4.69, 9.17) is 0 Å². The molecular formula is C17H31N. The second kappa shape index (κ2) is 7.33. The maximum Gasteiger partial charge on any atom is 0.0101 e. The van der Waals surface area contributed by atoms with Crippen molar-refractivity contribution in [3.63, 3.8) is 0 Å². The molecule has 2 fully saturated rings. The first-order valence-corrected chi connectivity index (χ1v) is 8.22. The zero-order valence-electron chi connectivity index (χ0n) is 12.2. The predicted molar refractivity (Wildman–Crippen MR) is 79.7 cm³/mol. The molecule has 4 unspecified atom stereocenters. The fourth-order valence-electron chi connectivity index (χ4n) is 4.24. The van der Waals surface area contributed by atoms with Crippen molar-refractivity contribution in [2.24, 2.45) is 11.8 Å². The first kappa shape index (κ1) is 14.1. The highest BCUT2D eigenvalue weighted by atomic mass is 15.0. The van der Waals surface area contributed by atoms with Gasteiger partial charge in [0.1, 0.15) is 0 Å². The quantitative estimate of drug-likeness (QED) is 0.532. The lowest BCUT2D eigenvalue weighted by molar-refractivity contribution is 0.106. The molecule has 0 aromatic rings. The van der Waals surface area contributed by atoms with Crippen molar-refractivity contribution >= 4 is 0 Å². The first-order chi connectivity index (χ1) is 8.85. The highest BCUT2D eigenvalue weighted by Gasteiger charge is 2.36. The van der Waals surface area contributed by atoms with E-state index in [0.29, 0.717) is 0 Å². The second-order valence-electron chi connectivity index (χ2n) is 6.41. The van der Waals surface area contributed by atoms with Crippen molar-refractivity contribution < 1.29 is 0 Å². The van der Waals surface area contributed by atoms with Crippen molar-refractivity contribution in [3.8, 4) is 0 Å². The van der Waals surface area contributed by atoms with Crippen LogP contribution in [0.1, 0.15) is 71.1 Å². The summed E-state index contributed by atoms with van der Waals surface area (Å²) in [4.78, 5) is 0. The van der Waals surface area contributed by atoms with E-state index >= 15 is 0 Å². The Labute approximate surface area is 113 Å². The van der Waals surface area contributed by atoms with Gasteiger partial charge < -0.3 is 5.32 Å². The Morgan fingerprint density at radius 3 is 2.83 bits per heavy atom. The van der Waals surface area contributed by atoms with Crippen LogP contribution in [0.5, 0.6) is 0 Å². The number of allylic oxidation sites excluding steroid dienone is 1. The van der Waals surface area contributed by atoms with Gasteiger partial charge in [0.25, 0.3) is 0 Å². The smallest absolute Gasteiger partial charge is 0.0101 e. The van der Waals surface area contributed by atoms with Crippen LogP contribution in [0.3, 0.4) is 0 Å². The summed E-state index contributed by atoms with van der Waals surface area (Å²) < 4.78 is 0. The highest BCUT2D eigenvalue weighted by Crippen LogP contribution is 2.39. The first-order valence-electron chi connectivity index (χ1n) is 8.22. The lowest BCUT2D eigenvalue weighted by atomic mass is 9.69. The minimum absolute atomic E-state index is 0.822. The van der Waals surface area contributed by atoms with E-state index in [1.807, 2.05) is 0 Å². The Morgan fingerprint density at radius 1 is 1.17 bits per heavy atom. The summed E-state index contributed by atoms with van der Waals surface area (Å²) in [7, 11) is 0. The molecule has 0 aromatic heterocycles. The van der Waals surface area contributed by atoms with Gasteiger partial charge in [-0.2, -0.15) is 0 Å². The fourth-order valence-corrected chi connectivity index (χ4v) is 4.24. The van der Waals surface area contributed by atoms with Crippen LogP contribution in [-0.2, 0) is 0 Å². The monoisotopic (exact) mass is 249 g/mol. The molecule has 0 radical (unpaired) electrons. The molecule has 1 aliphatic carbocycles. The number of rotatable bonds is 6. The van der Waals surface area contributed by atoms with Gasteiger partial charge in [0, 0.05) is 12.1 Å². The van der Waals surface area contributed by atoms with Crippen LogP contribution in [-0.4, -0.2) is 12.1 Å². The SMILES string of the molecule is C=CCCCC1CCCC2NC(CCC)CCC12. The molecule has 1 saturated carbocycles. The molecule has 0 bridgehead atoms. The Balaban J connectivity index is 1.83. The number of hydrogen-bond donors (Lipinski definition) is 1. The van der Waals surface area contributed by atoms with Gasteiger partial charge in [-0.15, -0.1) is 6.58 Å². The molecule has 1 heterocycles. The van der Waals surface area contributed by atoms with Crippen LogP contribution in [0.2, 0.25) is 0 Å². The van der Waals surface area contributed by atoms with Gasteiger partial charge >= 0.3 is 0 Å². The standard InChI is InChI=1S/C17H31N/c1-3-5-6-9-14-10-7-11-17-16(14)13-12-15(18-17)8-4-2/h3,14-18H,1,4-13H2,2H3. The van der Waals surface area contributed by atoms with Crippen LogP contribution >= 0.6 is 0 Å². The van der Waals surface area contributed by atoms with E-state index in [0.717, 1.165) is 23.9 Å². The molecule has 18 heavy (non-hydrogen) atoms. The predicted octanol–water partition coefficient (Wildman–Crippen LogP) is 4.68. The van der Waals surface area contributed by atoms with Crippen molar-refractivity contribution in [2.75, 3.05) is 0 Å². The van der Waals surface area contributed by atoms with E-state index in [9.17, 15) is 0 Å². The fraction of sp³-hybridized carbons (Fsp3) is 0.882. The zero-order valence-corrected chi connectivity index (χ0v) is 12.2. The third-order valence-corrected chi connectivity index (χ3v) is 5.13. The third kappa shape index (κ3) is 3.60. The van der Waals surface area contributed by atoms with E-state index in [1.165, 1.54) is 64.2 Å². The average molecular weight is 249 g/mol. The molecule has 2 aliphatic rings. The molecule has 0 aromatic carbocycles. The number of piperidine rings is 1. The van der Waals surface area contributed by atoms with E-state index in [2.05, 4.69) is 24.9 Å². The van der Waals surface area contributed by atoms with Crippen LogP contribution in [0.15, 0.2) is 12.7 Å². The number of fused-ring (bicyclic) bond motifs is 1. The van der Waals surface area contributed by atoms with Crippen molar-refractivity contribution in [1.29, 1.82) is 0 Å². The van der Waals surface area contributed by atoms with Gasteiger partial charge in [0.15, 0.2) is 0 Å². The molecule has 0 amide bonds. The average Bonchev–Trinajstić information content (AvgIpc) is 2.39. The lowest BCUT2D eigenvalue weighted by Crippen LogP contribution is -2.51. The van der Waals surface area contributed by atoms with Gasteiger partial charge in [-0.3, -0.25) is 0 Å². The molecule has 2 rings (SSSR count). The lowest BCUT2D eigenvalue weighted by Gasteiger charge is -2.45. The largest absolute Gasteiger partial charge is 0.311 e. The molecule has 0 spiro atoms. The Morgan fingerprint density at radius 2 is 2.06 bits per heavy atom. The number of hydrogen-bond acceptors (Lipinski definition) is 1. The van der Waals surface area contributed by atoms with Crippen molar-refractivity contribution in [1.82, 2.24) is 5.32 Å². The van der Waals surface area contributed by atoms with Gasteiger partial charge in [-0.05, 0) is 56.8 Å². The Kier molecular flexibility index (Phi) is 5.75. The molecule has 1 N–H and O–H groups in total. The van der Waals surface area contributed by atoms with E-state index in [1.54, 1.807) is 0 Å². The van der Waals surface area contributed by atoms with Crippen LogP contribution in [0, 0.1) is 11.8 Å². The van der Waals surface area contributed by atoms with Crippen LogP contribution in [0.4, 0.5) is 0 Å². The molecule has 1 saturated heterocycles. The summed E-state index contributed by atoms with van der Waals surface area (Å²) in [6, 6.07) is 1.67. The van der Waals surface area contributed by atoms with Crippen molar-refractivity contribution in [2.45, 2.75) is 83.2 Å². The number of nitrogens with one attached hydrogen (secondary N) is 1. The molecule has 1 aliphatic heterocycles. The topological polar surface area (TPSA) is 12.0 Å². The summed E-state index contributed by atoms with van der Waals surface area (Å²) in [5.41, 5.74) is 0. The summed E-state index contributed by atoms with van der Waals surface area (Å²) in [5, 5.41) is 3.96. The van der Waals surface area contributed by atoms with Gasteiger partial charge in [0.2, 0.25) is 0 Å². The number of unbranched alkanes of at least 4 members (excludes halogenated alkanes) is 1. The van der Waals surface area contributed by atoms with Gasteiger partial charge in [-0.25, -0.2) is 0 Å². The summed E-state index contributed by atoms with van der Waals surface area (Å²) >= 11 is 0. The second-order valence-corrected chi connectivity index (χ2v) is 6.41. The molecule has 1 heteroatoms. The highest BCUT2D eigenvalue weighted by molar-refractivity contribution is 4.93. The zero-order chi connectivity index (χ0) is 12.8. The maximum absolute atomic E-state index is 3.96. The third-order valence-electron chi connectivity index (χ3n) is 5.13. The van der Waals surface area contributed by atoms with E-state index < -0.39 is 0 Å². The van der Waals surface area contributed by atoms with E-state index in [-0.39, 0.29) is 0 Å². The molecule has 4 atom stereocenters. The molecule has 1 nitrogen and oxygen atoms in total. The normalized spacial score (nSPS) is 36.1. The minimum Gasteiger partial charge on any atom is -0.311 e. The van der Waals surface area contributed by atoms with Gasteiger partial charge in [-0.1, -0.05) is 32.3 Å². The van der Waals surface area contributed by atoms with Crippen LogP contribution < -0.4 is 5.32 Å². The van der Waals surface area contributed by atoms with Gasteiger partial charge in [0.05, 0.1) is 0 Å². The molecular weight excluding hydrogens is 218 g/mol. The Hall–Kier alpha value is -0.300.